The summed E-state index contributed by atoms with van der Waals surface area (Å²) in [4.78, 5) is 20.5. The molecule has 1 aromatic heterocycles. The van der Waals surface area contributed by atoms with E-state index in [1.54, 1.807) is 24.3 Å². The van der Waals surface area contributed by atoms with Gasteiger partial charge in [0, 0.05) is 17.3 Å². The number of rotatable bonds is 5. The van der Waals surface area contributed by atoms with E-state index in [-0.39, 0.29) is 5.69 Å². The van der Waals surface area contributed by atoms with Crippen LogP contribution in [0.25, 0.3) is 0 Å². The molecule has 0 atom stereocenters. The van der Waals surface area contributed by atoms with E-state index in [0.717, 1.165) is 5.56 Å². The molecule has 1 amide bonds. The van der Waals surface area contributed by atoms with Crippen molar-refractivity contribution in [2.45, 2.75) is 6.54 Å². The summed E-state index contributed by atoms with van der Waals surface area (Å²) in [6.45, 7) is 0.501. The van der Waals surface area contributed by atoms with Gasteiger partial charge in [0.15, 0.2) is 0 Å². The number of carbonyl (C=O) groups is 1. The van der Waals surface area contributed by atoms with E-state index in [4.69, 9.17) is 16.9 Å². The second kappa shape index (κ2) is 8.10. The van der Waals surface area contributed by atoms with Crippen LogP contribution in [0.15, 0.2) is 60.9 Å². The highest BCUT2D eigenvalue weighted by molar-refractivity contribution is 6.31. The molecule has 26 heavy (non-hydrogen) atoms. The van der Waals surface area contributed by atoms with Crippen molar-refractivity contribution in [3.8, 4) is 6.07 Å². The van der Waals surface area contributed by atoms with Crippen molar-refractivity contribution < 1.29 is 4.79 Å². The molecule has 0 aliphatic rings. The Morgan fingerprint density at radius 2 is 1.96 bits per heavy atom. The number of nitriles is 1. The molecule has 0 spiro atoms. The molecule has 0 unspecified atom stereocenters. The maximum Gasteiger partial charge on any atom is 0.275 e. The number of halogens is 1. The third-order valence-corrected chi connectivity index (χ3v) is 3.92. The predicted octanol–water partition coefficient (Wildman–Crippen LogP) is 3.87. The molecule has 2 N–H and O–H groups in total. The Morgan fingerprint density at radius 3 is 2.69 bits per heavy atom. The van der Waals surface area contributed by atoms with Crippen LogP contribution in [0.2, 0.25) is 5.02 Å². The van der Waals surface area contributed by atoms with Gasteiger partial charge in [0.05, 0.1) is 24.0 Å². The SMILES string of the molecule is N#Cc1cccc(NC(=O)c2cnc(NCc3ccccc3Cl)cn2)c1. The normalized spacial score (nSPS) is 10.0. The molecule has 7 heteroatoms. The molecular formula is C19H14ClN5O. The Bertz CT molecular complexity index is 966. The van der Waals surface area contributed by atoms with Crippen LogP contribution in [0.3, 0.4) is 0 Å². The first kappa shape index (κ1) is 17.4. The van der Waals surface area contributed by atoms with Crippen molar-refractivity contribution in [3.63, 3.8) is 0 Å². The van der Waals surface area contributed by atoms with E-state index in [0.29, 0.717) is 28.6 Å². The smallest absolute Gasteiger partial charge is 0.275 e. The Balaban J connectivity index is 1.62. The Morgan fingerprint density at radius 1 is 1.12 bits per heavy atom. The van der Waals surface area contributed by atoms with E-state index in [1.807, 2.05) is 30.3 Å². The molecule has 2 aromatic carbocycles. The second-order valence-corrected chi connectivity index (χ2v) is 5.79. The highest BCUT2D eigenvalue weighted by Gasteiger charge is 2.09. The topological polar surface area (TPSA) is 90.7 Å². The largest absolute Gasteiger partial charge is 0.365 e. The molecule has 0 aliphatic carbocycles. The third kappa shape index (κ3) is 4.35. The lowest BCUT2D eigenvalue weighted by atomic mass is 10.2. The van der Waals surface area contributed by atoms with Crippen molar-refractivity contribution in [2.75, 3.05) is 10.6 Å². The molecular weight excluding hydrogens is 350 g/mol. The third-order valence-electron chi connectivity index (χ3n) is 3.55. The van der Waals surface area contributed by atoms with Crippen LogP contribution in [0.4, 0.5) is 11.5 Å². The van der Waals surface area contributed by atoms with Gasteiger partial charge in [-0.05, 0) is 29.8 Å². The van der Waals surface area contributed by atoms with Crippen LogP contribution in [-0.2, 0) is 6.54 Å². The van der Waals surface area contributed by atoms with E-state index < -0.39 is 5.91 Å². The summed E-state index contributed by atoms with van der Waals surface area (Å²) < 4.78 is 0. The quantitative estimate of drug-likeness (QED) is 0.718. The number of hydrogen-bond acceptors (Lipinski definition) is 5. The van der Waals surface area contributed by atoms with Gasteiger partial charge >= 0.3 is 0 Å². The van der Waals surface area contributed by atoms with Crippen molar-refractivity contribution in [3.05, 3.63) is 82.8 Å². The zero-order valence-electron chi connectivity index (χ0n) is 13.6. The lowest BCUT2D eigenvalue weighted by molar-refractivity contribution is 0.102. The van der Waals surface area contributed by atoms with Gasteiger partial charge in [-0.25, -0.2) is 9.97 Å². The summed E-state index contributed by atoms with van der Waals surface area (Å²) in [7, 11) is 0. The Hall–Kier alpha value is -3.43. The number of carbonyl (C=O) groups excluding carboxylic acids is 1. The minimum absolute atomic E-state index is 0.177. The van der Waals surface area contributed by atoms with Crippen molar-refractivity contribution >= 4 is 29.0 Å². The molecule has 3 rings (SSSR count). The van der Waals surface area contributed by atoms with Crippen LogP contribution in [0.5, 0.6) is 0 Å². The van der Waals surface area contributed by atoms with E-state index >= 15 is 0 Å². The average Bonchev–Trinajstić information content (AvgIpc) is 2.68. The number of anilines is 2. The average molecular weight is 364 g/mol. The van der Waals surface area contributed by atoms with Crippen molar-refractivity contribution in [2.24, 2.45) is 0 Å². The van der Waals surface area contributed by atoms with Gasteiger partial charge in [0.25, 0.3) is 5.91 Å². The van der Waals surface area contributed by atoms with Crippen LogP contribution in [0, 0.1) is 11.3 Å². The van der Waals surface area contributed by atoms with Crippen molar-refractivity contribution in [1.29, 1.82) is 5.26 Å². The van der Waals surface area contributed by atoms with Gasteiger partial charge in [-0.1, -0.05) is 35.9 Å². The highest BCUT2D eigenvalue weighted by Crippen LogP contribution is 2.16. The maximum absolute atomic E-state index is 12.2. The second-order valence-electron chi connectivity index (χ2n) is 5.38. The molecule has 0 saturated heterocycles. The number of nitrogens with zero attached hydrogens (tertiary/aromatic N) is 3. The van der Waals surface area contributed by atoms with Gasteiger partial charge in [-0.15, -0.1) is 0 Å². The Kier molecular flexibility index (Phi) is 5.42. The highest BCUT2D eigenvalue weighted by atomic mass is 35.5. The fourth-order valence-corrected chi connectivity index (χ4v) is 2.43. The summed E-state index contributed by atoms with van der Waals surface area (Å²) in [5.41, 5.74) is 2.11. The number of hydrogen-bond donors (Lipinski definition) is 2. The van der Waals surface area contributed by atoms with Crippen LogP contribution >= 0.6 is 11.6 Å². The van der Waals surface area contributed by atoms with Gasteiger partial charge in [-0.3, -0.25) is 4.79 Å². The molecule has 0 aliphatic heterocycles. The molecule has 0 saturated carbocycles. The first-order chi connectivity index (χ1) is 12.7. The molecule has 3 aromatic rings. The predicted molar refractivity (Wildman–Crippen MR) is 99.9 cm³/mol. The first-order valence-corrected chi connectivity index (χ1v) is 8.14. The number of amides is 1. The maximum atomic E-state index is 12.2. The number of benzene rings is 2. The summed E-state index contributed by atoms with van der Waals surface area (Å²) in [5.74, 6) is 0.137. The number of aromatic nitrogens is 2. The first-order valence-electron chi connectivity index (χ1n) is 7.76. The zero-order valence-corrected chi connectivity index (χ0v) is 14.4. The van der Waals surface area contributed by atoms with E-state index in [2.05, 4.69) is 20.6 Å². The summed E-state index contributed by atoms with van der Waals surface area (Å²) in [5, 5.41) is 15.4. The number of nitrogens with one attached hydrogen (secondary N) is 2. The summed E-state index contributed by atoms with van der Waals surface area (Å²) in [6, 6.07) is 16.2. The van der Waals surface area contributed by atoms with E-state index in [9.17, 15) is 4.79 Å². The van der Waals surface area contributed by atoms with Crippen molar-refractivity contribution in [1.82, 2.24) is 9.97 Å². The fraction of sp³-hybridized carbons (Fsp3) is 0.0526. The van der Waals surface area contributed by atoms with Crippen LogP contribution < -0.4 is 10.6 Å². The lowest BCUT2D eigenvalue weighted by Crippen LogP contribution is -2.14. The zero-order chi connectivity index (χ0) is 18.4. The van der Waals surface area contributed by atoms with E-state index in [1.165, 1.54) is 12.4 Å². The lowest BCUT2D eigenvalue weighted by Gasteiger charge is -2.08. The summed E-state index contributed by atoms with van der Waals surface area (Å²) >= 11 is 6.11. The molecule has 0 radical (unpaired) electrons. The molecule has 6 nitrogen and oxygen atoms in total. The van der Waals surface area contributed by atoms with Crippen LogP contribution in [-0.4, -0.2) is 15.9 Å². The van der Waals surface area contributed by atoms with Gasteiger partial charge in [0.1, 0.15) is 11.5 Å². The summed E-state index contributed by atoms with van der Waals surface area (Å²) in [6.07, 6.45) is 2.87. The van der Waals surface area contributed by atoms with Gasteiger partial charge < -0.3 is 10.6 Å². The minimum atomic E-state index is -0.398. The molecule has 1 heterocycles. The standard InChI is InChI=1S/C19H14ClN5O/c20-16-7-2-1-5-14(16)10-23-18-12-22-17(11-24-18)19(26)25-15-6-3-4-13(8-15)9-21/h1-8,11-12H,10H2,(H,23,24)(H,25,26). The fourth-order valence-electron chi connectivity index (χ4n) is 2.23. The Labute approximate surface area is 155 Å². The minimum Gasteiger partial charge on any atom is -0.365 e. The van der Waals surface area contributed by atoms with Gasteiger partial charge in [-0.2, -0.15) is 5.26 Å². The molecule has 0 bridgehead atoms. The molecule has 128 valence electrons. The van der Waals surface area contributed by atoms with Crippen LogP contribution in [0.1, 0.15) is 21.6 Å². The molecule has 0 fully saturated rings. The monoisotopic (exact) mass is 363 g/mol. The van der Waals surface area contributed by atoms with Gasteiger partial charge in [0.2, 0.25) is 0 Å².